The second-order valence-electron chi connectivity index (χ2n) is 5.22. The highest BCUT2D eigenvalue weighted by molar-refractivity contribution is 5.80. The summed E-state index contributed by atoms with van der Waals surface area (Å²) in [6.07, 6.45) is 3.48. The first kappa shape index (κ1) is 11.9. The summed E-state index contributed by atoms with van der Waals surface area (Å²) < 4.78 is 0. The molecule has 18 heavy (non-hydrogen) atoms. The van der Waals surface area contributed by atoms with Crippen LogP contribution in [0.5, 0.6) is 0 Å². The number of hydrogen-bond acceptors (Lipinski definition) is 5. The molecule has 4 unspecified atom stereocenters. The fourth-order valence-corrected chi connectivity index (χ4v) is 3.14. The number of aliphatic carboxylic acids is 1. The smallest absolute Gasteiger partial charge is 0.306 e. The van der Waals surface area contributed by atoms with Crippen molar-refractivity contribution < 1.29 is 14.7 Å². The summed E-state index contributed by atoms with van der Waals surface area (Å²) in [5.74, 6) is -0.763. The minimum atomic E-state index is -0.885. The van der Waals surface area contributed by atoms with Gasteiger partial charge in [0.1, 0.15) is 0 Å². The maximum Gasteiger partial charge on any atom is 0.306 e. The van der Waals surface area contributed by atoms with E-state index in [1.54, 1.807) is 0 Å². The Hall–Kier alpha value is -1.18. The van der Waals surface area contributed by atoms with Crippen LogP contribution in [-0.4, -0.2) is 40.5 Å². The summed E-state index contributed by atoms with van der Waals surface area (Å²) in [6.45, 7) is 0. The first-order chi connectivity index (χ1) is 8.65. The Morgan fingerprint density at radius 1 is 1.33 bits per heavy atom. The minimum absolute atomic E-state index is 0.0351. The van der Waals surface area contributed by atoms with E-state index in [1.165, 1.54) is 5.01 Å². The van der Waals surface area contributed by atoms with E-state index in [0.29, 0.717) is 0 Å². The molecule has 100 valence electrons. The van der Waals surface area contributed by atoms with Crippen LogP contribution in [0, 0.1) is 5.92 Å². The summed E-state index contributed by atoms with van der Waals surface area (Å²) >= 11 is 0. The number of amides is 1. The van der Waals surface area contributed by atoms with Gasteiger partial charge in [-0.3, -0.25) is 20.2 Å². The van der Waals surface area contributed by atoms with Crippen LogP contribution < -0.4 is 16.1 Å². The number of fused-ring (bicyclic) bond motifs is 2. The van der Waals surface area contributed by atoms with Gasteiger partial charge in [-0.25, -0.2) is 10.4 Å². The van der Waals surface area contributed by atoms with Gasteiger partial charge in [-0.2, -0.15) is 0 Å². The van der Waals surface area contributed by atoms with E-state index in [4.69, 9.17) is 5.11 Å². The molecule has 0 radical (unpaired) electrons. The first-order valence-corrected chi connectivity index (χ1v) is 6.48. The molecule has 2 aliphatic heterocycles. The van der Waals surface area contributed by atoms with Crippen LogP contribution in [0.4, 0.5) is 0 Å². The fourth-order valence-electron chi connectivity index (χ4n) is 3.14. The average Bonchev–Trinajstić information content (AvgIpc) is 2.71. The van der Waals surface area contributed by atoms with Crippen molar-refractivity contribution in [3.8, 4) is 0 Å². The number of carboxylic acids is 1. The van der Waals surface area contributed by atoms with Gasteiger partial charge in [0.05, 0.1) is 18.5 Å². The third kappa shape index (κ3) is 1.98. The number of carboxylic acid groups (broad SMARTS) is 1. The third-order valence-electron chi connectivity index (χ3n) is 3.98. The Labute approximate surface area is 105 Å². The number of hydrogen-bond donors (Lipinski definition) is 4. The highest BCUT2D eigenvalue weighted by Crippen LogP contribution is 2.30. The lowest BCUT2D eigenvalue weighted by molar-refractivity contribution is -0.148. The van der Waals surface area contributed by atoms with Gasteiger partial charge in [0.25, 0.3) is 0 Å². The van der Waals surface area contributed by atoms with E-state index in [0.717, 1.165) is 25.7 Å². The van der Waals surface area contributed by atoms with Gasteiger partial charge in [-0.1, -0.05) is 12.8 Å². The summed E-state index contributed by atoms with van der Waals surface area (Å²) in [5, 5.41) is 16.8. The molecule has 0 spiro atoms. The summed E-state index contributed by atoms with van der Waals surface area (Å²) in [4.78, 5) is 23.0. The molecular weight excluding hydrogens is 236 g/mol. The molecule has 2 heterocycles. The number of nitrogens with one attached hydrogen (secondary N) is 3. The molecule has 2 saturated heterocycles. The van der Waals surface area contributed by atoms with Crippen LogP contribution in [-0.2, 0) is 9.59 Å². The van der Waals surface area contributed by atoms with Crippen molar-refractivity contribution in [1.29, 1.82) is 0 Å². The molecule has 1 saturated carbocycles. The van der Waals surface area contributed by atoms with Gasteiger partial charge >= 0.3 is 5.97 Å². The van der Waals surface area contributed by atoms with E-state index in [1.807, 2.05) is 0 Å². The quantitative estimate of drug-likeness (QED) is 0.514. The van der Waals surface area contributed by atoms with Crippen molar-refractivity contribution in [1.82, 2.24) is 21.1 Å². The fraction of sp³-hybridized carbons (Fsp3) is 0.818. The molecule has 4 N–H and O–H groups in total. The standard InChI is InChI=1S/C11H18N4O3/c16-9(17)5-8-13-11-12-7-4-2-1-3-6(7)10(18)15(11)14-8/h6-8,11-14H,1-5H2,(H,16,17). The SMILES string of the molecule is O=C(O)CC1NC2NC3CCCCC3C(=O)N2N1. The zero-order chi connectivity index (χ0) is 12.7. The van der Waals surface area contributed by atoms with Crippen LogP contribution in [0.2, 0.25) is 0 Å². The maximum absolute atomic E-state index is 12.3. The number of rotatable bonds is 2. The maximum atomic E-state index is 12.3. The van der Waals surface area contributed by atoms with Crippen molar-refractivity contribution in [2.75, 3.05) is 0 Å². The molecule has 0 aromatic carbocycles. The normalized spacial score (nSPS) is 39.3. The van der Waals surface area contributed by atoms with Gasteiger partial charge in [0, 0.05) is 6.04 Å². The van der Waals surface area contributed by atoms with Crippen molar-refractivity contribution in [2.24, 2.45) is 5.92 Å². The van der Waals surface area contributed by atoms with Gasteiger partial charge < -0.3 is 5.11 Å². The molecule has 1 amide bonds. The largest absolute Gasteiger partial charge is 0.481 e. The molecule has 0 aromatic rings. The lowest BCUT2D eigenvalue weighted by Gasteiger charge is -2.42. The zero-order valence-corrected chi connectivity index (χ0v) is 10.1. The van der Waals surface area contributed by atoms with E-state index < -0.39 is 5.97 Å². The van der Waals surface area contributed by atoms with Gasteiger partial charge in [0.2, 0.25) is 5.91 Å². The van der Waals surface area contributed by atoms with E-state index in [-0.39, 0.29) is 36.7 Å². The molecule has 3 rings (SSSR count). The predicted octanol–water partition coefficient (Wildman–Crippen LogP) is -0.831. The molecule has 0 bridgehead atoms. The van der Waals surface area contributed by atoms with Gasteiger partial charge in [0.15, 0.2) is 6.29 Å². The molecule has 1 aliphatic carbocycles. The van der Waals surface area contributed by atoms with Crippen molar-refractivity contribution in [3.05, 3.63) is 0 Å². The molecule has 4 atom stereocenters. The average molecular weight is 254 g/mol. The predicted molar refractivity (Wildman–Crippen MR) is 61.8 cm³/mol. The number of nitrogens with zero attached hydrogens (tertiary/aromatic N) is 1. The van der Waals surface area contributed by atoms with E-state index in [2.05, 4.69) is 16.1 Å². The molecule has 7 nitrogen and oxygen atoms in total. The van der Waals surface area contributed by atoms with Gasteiger partial charge in [-0.15, -0.1) is 0 Å². The Morgan fingerprint density at radius 2 is 2.11 bits per heavy atom. The second-order valence-corrected chi connectivity index (χ2v) is 5.22. The zero-order valence-electron chi connectivity index (χ0n) is 10.1. The van der Waals surface area contributed by atoms with Crippen LogP contribution in [0.15, 0.2) is 0 Å². The topological polar surface area (TPSA) is 93.7 Å². The molecule has 0 aromatic heterocycles. The van der Waals surface area contributed by atoms with Crippen molar-refractivity contribution in [3.63, 3.8) is 0 Å². The van der Waals surface area contributed by atoms with Crippen molar-refractivity contribution >= 4 is 11.9 Å². The van der Waals surface area contributed by atoms with Crippen molar-refractivity contribution in [2.45, 2.75) is 50.6 Å². The summed E-state index contributed by atoms with van der Waals surface area (Å²) in [5.41, 5.74) is 2.94. The molecular formula is C11H18N4O3. The highest BCUT2D eigenvalue weighted by Gasteiger charge is 2.46. The number of hydrazine groups is 1. The first-order valence-electron chi connectivity index (χ1n) is 6.48. The van der Waals surface area contributed by atoms with Gasteiger partial charge in [-0.05, 0) is 12.8 Å². The summed E-state index contributed by atoms with van der Waals surface area (Å²) in [6, 6.07) is 0.227. The molecule has 7 heteroatoms. The Kier molecular flexibility index (Phi) is 2.96. The second kappa shape index (κ2) is 4.49. The van der Waals surface area contributed by atoms with Crippen LogP contribution in [0.1, 0.15) is 32.1 Å². The van der Waals surface area contributed by atoms with Crippen LogP contribution >= 0.6 is 0 Å². The highest BCUT2D eigenvalue weighted by atomic mass is 16.4. The minimum Gasteiger partial charge on any atom is -0.481 e. The molecule has 3 fully saturated rings. The Balaban J connectivity index is 1.71. The Bertz CT molecular complexity index is 375. The lowest BCUT2D eigenvalue weighted by atomic mass is 9.82. The van der Waals surface area contributed by atoms with E-state index in [9.17, 15) is 9.59 Å². The van der Waals surface area contributed by atoms with Crippen LogP contribution in [0.25, 0.3) is 0 Å². The number of carbonyl (C=O) groups is 2. The van der Waals surface area contributed by atoms with E-state index >= 15 is 0 Å². The third-order valence-corrected chi connectivity index (χ3v) is 3.98. The monoisotopic (exact) mass is 254 g/mol. The van der Waals surface area contributed by atoms with Crippen LogP contribution in [0.3, 0.4) is 0 Å². The Morgan fingerprint density at radius 3 is 2.89 bits per heavy atom. The summed E-state index contributed by atoms with van der Waals surface area (Å²) in [7, 11) is 0. The molecule has 3 aliphatic rings. The lowest BCUT2D eigenvalue weighted by Crippen LogP contribution is -2.65. The number of carbonyl (C=O) groups excluding carboxylic acids is 1.